The van der Waals surface area contributed by atoms with Crippen molar-refractivity contribution in [3.63, 3.8) is 0 Å². The summed E-state index contributed by atoms with van der Waals surface area (Å²) in [4.78, 5) is 5.38. The van der Waals surface area contributed by atoms with E-state index in [1.165, 1.54) is 53.6 Å². The molecule has 11 rings (SSSR count). The molecule has 0 bridgehead atoms. The van der Waals surface area contributed by atoms with Crippen LogP contribution in [0.4, 0.5) is 0 Å². The van der Waals surface area contributed by atoms with Gasteiger partial charge >= 0.3 is 0 Å². The molecule has 2 aromatic heterocycles. The first kappa shape index (κ1) is 32.6. The lowest BCUT2D eigenvalue weighted by molar-refractivity contribution is 0.409. The number of fused-ring (bicyclic) bond motifs is 6. The van der Waals surface area contributed by atoms with E-state index in [1.807, 2.05) is 23.5 Å². The van der Waals surface area contributed by atoms with Gasteiger partial charge in [0.25, 0.3) is 0 Å². The van der Waals surface area contributed by atoms with Crippen LogP contribution in [0.2, 0.25) is 0 Å². The number of thiophene rings is 1. The molecule has 5 heteroatoms. The van der Waals surface area contributed by atoms with Crippen molar-refractivity contribution in [1.82, 2.24) is 10.6 Å². The van der Waals surface area contributed by atoms with Gasteiger partial charge in [0.2, 0.25) is 0 Å². The molecule has 0 radical (unpaired) electrons. The Kier molecular flexibility index (Phi) is 7.87. The highest BCUT2D eigenvalue weighted by molar-refractivity contribution is 7.25. The summed E-state index contributed by atoms with van der Waals surface area (Å²) in [7, 11) is 0. The zero-order valence-electron chi connectivity index (χ0n) is 30.3. The molecule has 3 heterocycles. The quantitative estimate of drug-likeness (QED) is 0.179. The lowest BCUT2D eigenvalue weighted by atomic mass is 9.98. The van der Waals surface area contributed by atoms with Crippen molar-refractivity contribution in [2.24, 2.45) is 4.99 Å². The maximum absolute atomic E-state index is 6.52. The van der Waals surface area contributed by atoms with Crippen LogP contribution in [0.1, 0.15) is 29.0 Å². The second-order valence-electron chi connectivity index (χ2n) is 14.4. The van der Waals surface area contributed by atoms with Crippen LogP contribution in [0.3, 0.4) is 0 Å². The average Bonchev–Trinajstić information content (AvgIpc) is 3.85. The summed E-state index contributed by atoms with van der Waals surface area (Å²) in [5.41, 5.74) is 12.1. The molecule has 266 valence electrons. The Morgan fingerprint density at radius 2 is 1.02 bits per heavy atom. The van der Waals surface area contributed by atoms with E-state index in [-0.39, 0.29) is 12.3 Å². The van der Waals surface area contributed by atoms with Crippen LogP contribution in [-0.4, -0.2) is 5.84 Å². The van der Waals surface area contributed by atoms with Crippen molar-refractivity contribution >= 4 is 59.3 Å². The minimum absolute atomic E-state index is 0.205. The molecule has 4 nitrogen and oxygen atoms in total. The minimum Gasteiger partial charge on any atom is -0.455 e. The summed E-state index contributed by atoms with van der Waals surface area (Å²) < 4.78 is 9.05. The highest BCUT2D eigenvalue weighted by Gasteiger charge is 2.28. The van der Waals surface area contributed by atoms with Gasteiger partial charge in [-0.05, 0) is 74.8 Å². The third kappa shape index (κ3) is 5.77. The first-order valence-electron chi connectivity index (χ1n) is 19.0. The molecule has 0 fully saturated rings. The second-order valence-corrected chi connectivity index (χ2v) is 15.5. The Balaban J connectivity index is 0.982. The number of para-hydroxylation sites is 2. The predicted octanol–water partition coefficient (Wildman–Crippen LogP) is 13.3. The van der Waals surface area contributed by atoms with E-state index in [0.717, 1.165) is 44.5 Å². The topological polar surface area (TPSA) is 49.6 Å². The summed E-state index contributed by atoms with van der Waals surface area (Å²) >= 11 is 1.84. The molecule has 0 amide bonds. The van der Waals surface area contributed by atoms with Crippen LogP contribution in [0.5, 0.6) is 0 Å². The van der Waals surface area contributed by atoms with Gasteiger partial charge in [-0.2, -0.15) is 0 Å². The number of hydrogen-bond donors (Lipinski definition) is 2. The Hall–Kier alpha value is -6.79. The van der Waals surface area contributed by atoms with Crippen molar-refractivity contribution in [2.45, 2.75) is 12.3 Å². The third-order valence-corrected chi connectivity index (χ3v) is 12.1. The molecule has 1 aliphatic heterocycles. The zero-order chi connectivity index (χ0) is 37.0. The molecule has 0 spiro atoms. The molecule has 56 heavy (non-hydrogen) atoms. The molecule has 0 saturated heterocycles. The van der Waals surface area contributed by atoms with E-state index in [4.69, 9.17) is 9.41 Å². The van der Waals surface area contributed by atoms with Crippen LogP contribution in [-0.2, 0) is 0 Å². The highest BCUT2D eigenvalue weighted by atomic mass is 32.1. The van der Waals surface area contributed by atoms with Gasteiger partial charge in [0, 0.05) is 30.9 Å². The molecule has 0 aliphatic carbocycles. The number of rotatable bonds is 6. The maximum atomic E-state index is 6.52. The molecule has 2 atom stereocenters. The number of nitrogens with zero attached hydrogens (tertiary/aromatic N) is 1. The Labute approximate surface area is 328 Å². The SMILES string of the molecule is c1ccc(-c2cccc(-c3ccc(C4NC(c5cccc6c5oc5ccccc56)=NC(c5ccc6c(c5)sc5cc(-c7ccccc7)ccc56)N4)cc3)c2)cc1. The Morgan fingerprint density at radius 1 is 0.446 bits per heavy atom. The van der Waals surface area contributed by atoms with Crippen LogP contribution in [0.15, 0.2) is 197 Å². The summed E-state index contributed by atoms with van der Waals surface area (Å²) in [5.74, 6) is 0.798. The van der Waals surface area contributed by atoms with Gasteiger partial charge in [-0.25, -0.2) is 4.99 Å². The van der Waals surface area contributed by atoms with Crippen molar-refractivity contribution in [3.8, 4) is 33.4 Å². The van der Waals surface area contributed by atoms with Gasteiger partial charge in [-0.15, -0.1) is 11.3 Å². The van der Waals surface area contributed by atoms with Crippen LogP contribution < -0.4 is 10.6 Å². The van der Waals surface area contributed by atoms with E-state index >= 15 is 0 Å². The lowest BCUT2D eigenvalue weighted by Crippen LogP contribution is -2.45. The molecule has 10 aromatic rings. The van der Waals surface area contributed by atoms with Crippen molar-refractivity contribution in [3.05, 3.63) is 205 Å². The number of nitrogens with one attached hydrogen (secondary N) is 2. The predicted molar refractivity (Wildman–Crippen MR) is 234 cm³/mol. The van der Waals surface area contributed by atoms with Gasteiger partial charge in [-0.3, -0.25) is 5.32 Å². The number of benzene rings is 8. The fourth-order valence-electron chi connectivity index (χ4n) is 8.12. The average molecular weight is 738 g/mol. The summed E-state index contributed by atoms with van der Waals surface area (Å²) in [6.45, 7) is 0. The largest absolute Gasteiger partial charge is 0.455 e. The second kappa shape index (κ2) is 13.5. The number of hydrogen-bond acceptors (Lipinski definition) is 5. The van der Waals surface area contributed by atoms with Gasteiger partial charge in [-0.1, -0.05) is 158 Å². The normalized spacial score (nSPS) is 15.7. The van der Waals surface area contributed by atoms with E-state index in [2.05, 4.69) is 187 Å². The van der Waals surface area contributed by atoms with Gasteiger partial charge in [0.15, 0.2) is 0 Å². The van der Waals surface area contributed by atoms with E-state index < -0.39 is 0 Å². The first-order valence-corrected chi connectivity index (χ1v) is 19.8. The molecular formula is C51H35N3OS. The number of amidine groups is 1. The summed E-state index contributed by atoms with van der Waals surface area (Å²) in [6, 6.07) is 67.0. The lowest BCUT2D eigenvalue weighted by Gasteiger charge is -2.32. The van der Waals surface area contributed by atoms with Crippen LogP contribution >= 0.6 is 11.3 Å². The first-order chi connectivity index (χ1) is 27.7. The van der Waals surface area contributed by atoms with Gasteiger partial charge in [0.05, 0.1) is 5.56 Å². The number of furan rings is 1. The molecule has 2 unspecified atom stereocenters. The zero-order valence-corrected chi connectivity index (χ0v) is 31.1. The Bertz CT molecular complexity index is 3090. The molecule has 0 saturated carbocycles. The number of aliphatic imine (C=N–C) groups is 1. The summed E-state index contributed by atoms with van der Waals surface area (Å²) in [5, 5.41) is 12.4. The molecule has 8 aromatic carbocycles. The monoisotopic (exact) mass is 737 g/mol. The maximum Gasteiger partial charge on any atom is 0.146 e. The van der Waals surface area contributed by atoms with Crippen LogP contribution in [0, 0.1) is 0 Å². The smallest absolute Gasteiger partial charge is 0.146 e. The molecule has 1 aliphatic rings. The van der Waals surface area contributed by atoms with E-state index in [1.54, 1.807) is 0 Å². The van der Waals surface area contributed by atoms with Crippen molar-refractivity contribution in [2.75, 3.05) is 0 Å². The minimum atomic E-state index is -0.299. The van der Waals surface area contributed by atoms with Crippen LogP contribution in [0.25, 0.3) is 75.5 Å². The van der Waals surface area contributed by atoms with Crippen molar-refractivity contribution < 1.29 is 4.42 Å². The molecular weight excluding hydrogens is 703 g/mol. The van der Waals surface area contributed by atoms with E-state index in [9.17, 15) is 0 Å². The van der Waals surface area contributed by atoms with Gasteiger partial charge < -0.3 is 9.73 Å². The van der Waals surface area contributed by atoms with E-state index in [0.29, 0.717) is 0 Å². The Morgan fingerprint density at radius 3 is 1.79 bits per heavy atom. The fraction of sp³-hybridized carbons (Fsp3) is 0.0392. The summed E-state index contributed by atoms with van der Waals surface area (Å²) in [6.07, 6.45) is -0.504. The third-order valence-electron chi connectivity index (χ3n) is 11.0. The highest BCUT2D eigenvalue weighted by Crippen LogP contribution is 2.39. The van der Waals surface area contributed by atoms with Crippen molar-refractivity contribution in [1.29, 1.82) is 0 Å². The standard InChI is InChI=1S/C51H35N3OS/c1-3-11-32(12-4-1)36-15-9-16-37(29-36)34-21-23-35(24-22-34)49-52-50(54-51(53-49)44-19-10-18-43-40-17-7-8-20-45(40)55-48(43)44)39-26-28-42-41-27-25-38(33-13-5-2-6-14-33)30-46(41)56-47(42)31-39/h1-31,49-50,52H,(H,53,54). The fourth-order valence-corrected chi connectivity index (χ4v) is 9.32. The molecule has 2 N–H and O–H groups in total. The van der Waals surface area contributed by atoms with Gasteiger partial charge in [0.1, 0.15) is 29.3 Å².